The van der Waals surface area contributed by atoms with Crippen LogP contribution in [0.15, 0.2) is 68.5 Å². The molecule has 3 N–H and O–H groups in total. The fourth-order valence-corrected chi connectivity index (χ4v) is 3.13. The summed E-state index contributed by atoms with van der Waals surface area (Å²) in [7, 11) is -3.75. The average Bonchev–Trinajstić information content (AvgIpc) is 3.09. The lowest BCUT2D eigenvalue weighted by molar-refractivity contribution is -0.116. The second-order valence-electron chi connectivity index (χ2n) is 5.74. The van der Waals surface area contributed by atoms with E-state index < -0.39 is 10.0 Å². The van der Waals surface area contributed by atoms with Gasteiger partial charge in [0.1, 0.15) is 0 Å². The van der Waals surface area contributed by atoms with Crippen LogP contribution in [0, 0.1) is 0 Å². The zero-order valence-corrected chi connectivity index (χ0v) is 16.5. The van der Waals surface area contributed by atoms with Gasteiger partial charge in [-0.15, -0.1) is 0 Å². The maximum absolute atomic E-state index is 12.1. The van der Waals surface area contributed by atoms with E-state index in [4.69, 9.17) is 9.56 Å². The van der Waals surface area contributed by atoms with E-state index >= 15 is 0 Å². The number of hydrogen-bond donors (Lipinski definition) is 2. The molecule has 0 bridgehead atoms. The monoisotopic (exact) mass is 449 g/mol. The number of rotatable bonds is 6. The lowest BCUT2D eigenvalue weighted by atomic mass is 10.2. The maximum Gasteiger partial charge on any atom is 0.238 e. The smallest absolute Gasteiger partial charge is 0.238 e. The lowest BCUT2D eigenvalue weighted by Gasteiger charge is -2.05. The summed E-state index contributed by atoms with van der Waals surface area (Å²) in [6, 6.07) is 13.3. The van der Waals surface area contributed by atoms with Crippen LogP contribution in [-0.2, 0) is 21.2 Å². The number of carbonyl (C=O) groups excluding carboxylic acids is 1. The van der Waals surface area contributed by atoms with Crippen molar-refractivity contribution in [1.29, 1.82) is 0 Å². The van der Waals surface area contributed by atoms with Crippen molar-refractivity contribution in [3.05, 3.63) is 65.1 Å². The first-order chi connectivity index (χ1) is 12.8. The summed E-state index contributed by atoms with van der Waals surface area (Å²) in [4.78, 5) is 16.2. The van der Waals surface area contributed by atoms with Crippen LogP contribution >= 0.6 is 15.9 Å². The van der Waals surface area contributed by atoms with Crippen molar-refractivity contribution >= 4 is 37.5 Å². The number of hydrogen-bond acceptors (Lipinski definition) is 5. The number of anilines is 1. The van der Waals surface area contributed by atoms with Crippen molar-refractivity contribution in [3.8, 4) is 11.3 Å². The SMILES string of the molecule is NS(=O)(=O)c1ccc(NC(=O)CCc2ncc(-c3ccc(Br)cc3)o2)cc1. The molecule has 3 aromatic rings. The van der Waals surface area contributed by atoms with E-state index in [-0.39, 0.29) is 17.2 Å². The first-order valence-corrected chi connectivity index (χ1v) is 10.3. The van der Waals surface area contributed by atoms with Crippen LogP contribution in [0.5, 0.6) is 0 Å². The topological polar surface area (TPSA) is 115 Å². The number of halogens is 1. The van der Waals surface area contributed by atoms with Crippen molar-refractivity contribution in [2.45, 2.75) is 17.7 Å². The molecule has 7 nitrogen and oxygen atoms in total. The first kappa shape index (κ1) is 19.3. The number of nitrogens with zero attached hydrogens (tertiary/aromatic N) is 1. The number of sulfonamides is 1. The van der Waals surface area contributed by atoms with Crippen molar-refractivity contribution in [2.24, 2.45) is 5.14 Å². The van der Waals surface area contributed by atoms with Gasteiger partial charge in [0.05, 0.1) is 11.1 Å². The average molecular weight is 450 g/mol. The minimum absolute atomic E-state index is 0.0132. The Balaban J connectivity index is 1.56. The summed E-state index contributed by atoms with van der Waals surface area (Å²) < 4.78 is 29.1. The molecule has 0 atom stereocenters. The van der Waals surface area contributed by atoms with Crippen LogP contribution in [0.4, 0.5) is 5.69 Å². The fraction of sp³-hybridized carbons (Fsp3) is 0.111. The van der Waals surface area contributed by atoms with E-state index in [1.54, 1.807) is 6.20 Å². The van der Waals surface area contributed by atoms with Gasteiger partial charge in [-0.3, -0.25) is 4.79 Å². The largest absolute Gasteiger partial charge is 0.441 e. The van der Waals surface area contributed by atoms with Gasteiger partial charge in [-0.2, -0.15) is 0 Å². The van der Waals surface area contributed by atoms with E-state index in [2.05, 4.69) is 26.2 Å². The number of aryl methyl sites for hydroxylation is 1. The predicted octanol–water partition coefficient (Wildman–Crippen LogP) is 3.32. The Bertz CT molecular complexity index is 1040. The van der Waals surface area contributed by atoms with Gasteiger partial charge in [-0.25, -0.2) is 18.5 Å². The van der Waals surface area contributed by atoms with Crippen molar-refractivity contribution < 1.29 is 17.6 Å². The number of nitrogens with one attached hydrogen (secondary N) is 1. The Hall–Kier alpha value is -2.49. The Morgan fingerprint density at radius 2 is 1.78 bits per heavy atom. The summed E-state index contributed by atoms with van der Waals surface area (Å²) in [5.41, 5.74) is 1.38. The molecule has 0 radical (unpaired) electrons. The number of carbonyl (C=O) groups is 1. The molecule has 0 aliphatic heterocycles. The van der Waals surface area contributed by atoms with Gasteiger partial charge in [0.25, 0.3) is 0 Å². The third kappa shape index (κ3) is 5.25. The second kappa shape index (κ2) is 8.03. The van der Waals surface area contributed by atoms with Crippen LogP contribution in [-0.4, -0.2) is 19.3 Å². The summed E-state index contributed by atoms with van der Waals surface area (Å²) in [5.74, 6) is 0.867. The van der Waals surface area contributed by atoms with Crippen LogP contribution in [0.2, 0.25) is 0 Å². The van der Waals surface area contributed by atoms with Crippen LogP contribution in [0.25, 0.3) is 11.3 Å². The van der Waals surface area contributed by atoms with Crippen LogP contribution in [0.1, 0.15) is 12.3 Å². The molecule has 1 amide bonds. The highest BCUT2D eigenvalue weighted by Crippen LogP contribution is 2.23. The van der Waals surface area contributed by atoms with Gasteiger partial charge in [0.2, 0.25) is 15.9 Å². The summed E-state index contributed by atoms with van der Waals surface area (Å²) in [5, 5.41) is 7.72. The molecule has 0 saturated carbocycles. The second-order valence-corrected chi connectivity index (χ2v) is 8.22. The van der Waals surface area contributed by atoms with Gasteiger partial charge < -0.3 is 9.73 Å². The standard InChI is InChI=1S/C18H16BrN3O4S/c19-13-3-1-12(2-4-13)16-11-21-18(26-16)10-9-17(23)22-14-5-7-15(8-6-14)27(20,24)25/h1-8,11H,9-10H2,(H,22,23)(H2,20,24,25). The molecule has 0 unspecified atom stereocenters. The first-order valence-electron chi connectivity index (χ1n) is 7.94. The zero-order chi connectivity index (χ0) is 19.4. The number of primary sulfonamides is 1. The van der Waals surface area contributed by atoms with Gasteiger partial charge in [0.15, 0.2) is 11.7 Å². The molecule has 0 saturated heterocycles. The predicted molar refractivity (Wildman–Crippen MR) is 104 cm³/mol. The normalized spacial score (nSPS) is 11.3. The van der Waals surface area contributed by atoms with Crippen molar-refractivity contribution in [1.82, 2.24) is 4.98 Å². The summed E-state index contributed by atoms with van der Waals surface area (Å²) in [6.07, 6.45) is 2.15. The Kier molecular flexibility index (Phi) is 5.73. The van der Waals surface area contributed by atoms with Crippen LogP contribution in [0.3, 0.4) is 0 Å². The highest BCUT2D eigenvalue weighted by Gasteiger charge is 2.11. The maximum atomic E-state index is 12.1. The van der Waals surface area contributed by atoms with Crippen molar-refractivity contribution in [2.75, 3.05) is 5.32 Å². The molecule has 0 fully saturated rings. The number of amides is 1. The van der Waals surface area contributed by atoms with Gasteiger partial charge in [0, 0.05) is 28.6 Å². The molecule has 0 spiro atoms. The zero-order valence-electron chi connectivity index (χ0n) is 14.1. The molecule has 2 aromatic carbocycles. The summed E-state index contributed by atoms with van der Waals surface area (Å²) in [6.45, 7) is 0. The third-order valence-corrected chi connectivity index (χ3v) is 5.17. The van der Waals surface area contributed by atoms with E-state index in [1.807, 2.05) is 24.3 Å². The Morgan fingerprint density at radius 1 is 1.11 bits per heavy atom. The molecule has 3 rings (SSSR count). The molecule has 140 valence electrons. The Labute approximate surface area is 164 Å². The molecular formula is C18H16BrN3O4S. The molecular weight excluding hydrogens is 434 g/mol. The molecule has 0 aliphatic carbocycles. The highest BCUT2D eigenvalue weighted by atomic mass is 79.9. The minimum Gasteiger partial charge on any atom is -0.441 e. The van der Waals surface area contributed by atoms with E-state index in [0.717, 1.165) is 10.0 Å². The number of benzene rings is 2. The molecule has 27 heavy (non-hydrogen) atoms. The molecule has 0 aliphatic rings. The fourth-order valence-electron chi connectivity index (χ4n) is 2.35. The molecule has 9 heteroatoms. The number of oxazole rings is 1. The Morgan fingerprint density at radius 3 is 2.41 bits per heavy atom. The third-order valence-electron chi connectivity index (χ3n) is 3.71. The van der Waals surface area contributed by atoms with Crippen LogP contribution < -0.4 is 10.5 Å². The van der Waals surface area contributed by atoms with Gasteiger partial charge >= 0.3 is 0 Å². The van der Waals surface area contributed by atoms with E-state index in [1.165, 1.54) is 24.3 Å². The van der Waals surface area contributed by atoms with E-state index in [0.29, 0.717) is 23.8 Å². The lowest BCUT2D eigenvalue weighted by Crippen LogP contribution is -2.14. The van der Waals surface area contributed by atoms with Gasteiger partial charge in [-0.1, -0.05) is 28.1 Å². The van der Waals surface area contributed by atoms with E-state index in [9.17, 15) is 13.2 Å². The highest BCUT2D eigenvalue weighted by molar-refractivity contribution is 9.10. The number of nitrogens with two attached hydrogens (primary N) is 1. The quantitative estimate of drug-likeness (QED) is 0.598. The van der Waals surface area contributed by atoms with Crippen molar-refractivity contribution in [3.63, 3.8) is 0 Å². The minimum atomic E-state index is -3.75. The molecule has 1 aromatic heterocycles. The summed E-state index contributed by atoms with van der Waals surface area (Å²) >= 11 is 3.38. The molecule has 1 heterocycles. The number of aromatic nitrogens is 1. The van der Waals surface area contributed by atoms with Gasteiger partial charge in [-0.05, 0) is 36.4 Å².